The smallest absolute Gasteiger partial charge is 0.219 e. The third-order valence-corrected chi connectivity index (χ3v) is 3.59. The summed E-state index contributed by atoms with van der Waals surface area (Å²) in [7, 11) is 0. The van der Waals surface area contributed by atoms with E-state index < -0.39 is 0 Å². The lowest BCUT2D eigenvalue weighted by Crippen LogP contribution is -2.05. The van der Waals surface area contributed by atoms with Gasteiger partial charge in [0.15, 0.2) is 0 Å². The van der Waals surface area contributed by atoms with Gasteiger partial charge >= 0.3 is 0 Å². The van der Waals surface area contributed by atoms with Gasteiger partial charge in [0, 0.05) is 22.8 Å². The SMILES string of the molecule is CC(C)c1cc(Br)ccc1Oc1cc([C@H](C)N)ccn1. The predicted molar refractivity (Wildman–Crippen MR) is 85.1 cm³/mol. The lowest BCUT2D eigenvalue weighted by molar-refractivity contribution is 0.453. The first kappa shape index (κ1) is 15.0. The fourth-order valence-electron chi connectivity index (χ4n) is 1.94. The Morgan fingerprint density at radius 3 is 2.55 bits per heavy atom. The molecular weight excluding hydrogens is 316 g/mol. The molecule has 0 bridgehead atoms. The Labute approximate surface area is 128 Å². The molecule has 0 unspecified atom stereocenters. The van der Waals surface area contributed by atoms with Gasteiger partial charge in [-0.3, -0.25) is 0 Å². The van der Waals surface area contributed by atoms with Gasteiger partial charge in [0.1, 0.15) is 5.75 Å². The minimum absolute atomic E-state index is 0.0326. The van der Waals surface area contributed by atoms with Crippen molar-refractivity contribution in [1.82, 2.24) is 4.98 Å². The van der Waals surface area contributed by atoms with E-state index in [0.717, 1.165) is 21.3 Å². The van der Waals surface area contributed by atoms with E-state index in [1.54, 1.807) is 6.20 Å². The van der Waals surface area contributed by atoms with Gasteiger partial charge in [-0.25, -0.2) is 4.98 Å². The van der Waals surface area contributed by atoms with Crippen LogP contribution in [0.5, 0.6) is 11.6 Å². The summed E-state index contributed by atoms with van der Waals surface area (Å²) in [6.45, 7) is 6.22. The second-order valence-electron chi connectivity index (χ2n) is 5.15. The summed E-state index contributed by atoms with van der Waals surface area (Å²) in [5, 5.41) is 0. The zero-order valence-corrected chi connectivity index (χ0v) is 13.5. The molecule has 1 aromatic heterocycles. The molecule has 2 N–H and O–H groups in total. The Bertz CT molecular complexity index is 597. The molecular formula is C16H19BrN2O. The summed E-state index contributed by atoms with van der Waals surface area (Å²) in [6.07, 6.45) is 1.72. The molecule has 1 atom stereocenters. The predicted octanol–water partition coefficient (Wildman–Crippen LogP) is 4.78. The largest absolute Gasteiger partial charge is 0.439 e. The molecule has 1 heterocycles. The fourth-order valence-corrected chi connectivity index (χ4v) is 2.32. The summed E-state index contributed by atoms with van der Waals surface area (Å²) >= 11 is 3.49. The summed E-state index contributed by atoms with van der Waals surface area (Å²) in [6, 6.07) is 9.76. The topological polar surface area (TPSA) is 48.1 Å². The Kier molecular flexibility index (Phi) is 4.78. The molecule has 2 rings (SSSR count). The third-order valence-electron chi connectivity index (χ3n) is 3.09. The maximum Gasteiger partial charge on any atom is 0.219 e. The van der Waals surface area contributed by atoms with E-state index in [0.29, 0.717) is 11.8 Å². The number of benzene rings is 1. The van der Waals surface area contributed by atoms with Gasteiger partial charge in [0.25, 0.3) is 0 Å². The van der Waals surface area contributed by atoms with Gasteiger partial charge in [-0.15, -0.1) is 0 Å². The molecule has 0 aliphatic heterocycles. The standard InChI is InChI=1S/C16H19BrN2O/c1-10(2)14-9-13(17)4-5-15(14)20-16-8-12(11(3)18)6-7-19-16/h4-11H,18H2,1-3H3/t11-/m0/s1. The molecule has 0 aliphatic rings. The lowest BCUT2D eigenvalue weighted by Gasteiger charge is -2.14. The molecule has 1 aromatic carbocycles. The van der Waals surface area contributed by atoms with Gasteiger partial charge in [-0.2, -0.15) is 0 Å². The molecule has 0 amide bonds. The first-order chi connectivity index (χ1) is 9.47. The minimum Gasteiger partial charge on any atom is -0.439 e. The minimum atomic E-state index is -0.0326. The molecule has 2 aromatic rings. The highest BCUT2D eigenvalue weighted by atomic mass is 79.9. The van der Waals surface area contributed by atoms with E-state index in [-0.39, 0.29) is 6.04 Å². The molecule has 3 nitrogen and oxygen atoms in total. The van der Waals surface area contributed by atoms with Crippen molar-refractivity contribution in [3.05, 3.63) is 52.1 Å². The number of aromatic nitrogens is 1. The van der Waals surface area contributed by atoms with E-state index in [9.17, 15) is 0 Å². The van der Waals surface area contributed by atoms with Crippen molar-refractivity contribution < 1.29 is 4.74 Å². The Morgan fingerprint density at radius 2 is 1.90 bits per heavy atom. The quantitative estimate of drug-likeness (QED) is 0.875. The highest BCUT2D eigenvalue weighted by Gasteiger charge is 2.11. The summed E-state index contributed by atoms with van der Waals surface area (Å²) < 4.78 is 6.98. The van der Waals surface area contributed by atoms with Crippen LogP contribution in [0, 0.1) is 0 Å². The van der Waals surface area contributed by atoms with Crippen LogP contribution in [0.2, 0.25) is 0 Å². The zero-order valence-electron chi connectivity index (χ0n) is 11.9. The lowest BCUT2D eigenvalue weighted by atomic mass is 10.0. The Hall–Kier alpha value is -1.39. The normalized spacial score (nSPS) is 12.5. The van der Waals surface area contributed by atoms with Crippen LogP contribution in [-0.2, 0) is 0 Å². The zero-order chi connectivity index (χ0) is 14.7. The Balaban J connectivity index is 2.32. The average Bonchev–Trinajstić information content (AvgIpc) is 2.41. The molecule has 4 heteroatoms. The second kappa shape index (κ2) is 6.37. The molecule has 20 heavy (non-hydrogen) atoms. The van der Waals surface area contributed by atoms with Crippen molar-refractivity contribution >= 4 is 15.9 Å². The van der Waals surface area contributed by atoms with Crippen LogP contribution in [0.1, 0.15) is 43.9 Å². The van der Waals surface area contributed by atoms with Gasteiger partial charge < -0.3 is 10.5 Å². The van der Waals surface area contributed by atoms with Crippen molar-refractivity contribution in [3.8, 4) is 11.6 Å². The van der Waals surface area contributed by atoms with E-state index in [2.05, 4.69) is 40.8 Å². The van der Waals surface area contributed by atoms with Crippen molar-refractivity contribution in [1.29, 1.82) is 0 Å². The van der Waals surface area contributed by atoms with Crippen LogP contribution in [-0.4, -0.2) is 4.98 Å². The highest BCUT2D eigenvalue weighted by Crippen LogP contribution is 2.32. The highest BCUT2D eigenvalue weighted by molar-refractivity contribution is 9.10. The summed E-state index contributed by atoms with van der Waals surface area (Å²) in [5.41, 5.74) is 8.04. The number of hydrogen-bond donors (Lipinski definition) is 1. The van der Waals surface area contributed by atoms with Crippen LogP contribution in [0.15, 0.2) is 41.0 Å². The molecule has 0 saturated heterocycles. The number of nitrogens with two attached hydrogens (primary N) is 1. The fraction of sp³-hybridized carbons (Fsp3) is 0.312. The number of nitrogens with zero attached hydrogens (tertiary/aromatic N) is 1. The molecule has 106 valence electrons. The van der Waals surface area contributed by atoms with Gasteiger partial charge in [0.05, 0.1) is 0 Å². The van der Waals surface area contributed by atoms with Crippen molar-refractivity contribution in [3.63, 3.8) is 0 Å². The van der Waals surface area contributed by atoms with Crippen LogP contribution >= 0.6 is 15.9 Å². The number of pyridine rings is 1. The number of rotatable bonds is 4. The summed E-state index contributed by atoms with van der Waals surface area (Å²) in [5.74, 6) is 1.78. The number of hydrogen-bond acceptors (Lipinski definition) is 3. The van der Waals surface area contributed by atoms with E-state index in [1.165, 1.54) is 0 Å². The number of ether oxygens (including phenoxy) is 1. The van der Waals surface area contributed by atoms with E-state index in [4.69, 9.17) is 10.5 Å². The maximum atomic E-state index is 5.93. The number of halogens is 1. The van der Waals surface area contributed by atoms with Crippen LogP contribution in [0.4, 0.5) is 0 Å². The van der Waals surface area contributed by atoms with Crippen molar-refractivity contribution in [2.24, 2.45) is 5.73 Å². The molecule has 0 fully saturated rings. The molecule has 0 aliphatic carbocycles. The van der Waals surface area contributed by atoms with E-state index >= 15 is 0 Å². The first-order valence-corrected chi connectivity index (χ1v) is 7.45. The molecule has 0 radical (unpaired) electrons. The third kappa shape index (κ3) is 3.58. The van der Waals surface area contributed by atoms with Gasteiger partial charge in [0.2, 0.25) is 5.88 Å². The van der Waals surface area contributed by atoms with Crippen molar-refractivity contribution in [2.45, 2.75) is 32.7 Å². The van der Waals surface area contributed by atoms with Crippen molar-refractivity contribution in [2.75, 3.05) is 0 Å². The van der Waals surface area contributed by atoms with Crippen LogP contribution in [0.3, 0.4) is 0 Å². The van der Waals surface area contributed by atoms with Gasteiger partial charge in [-0.1, -0.05) is 29.8 Å². The summed E-state index contributed by atoms with van der Waals surface area (Å²) in [4.78, 5) is 4.25. The van der Waals surface area contributed by atoms with E-state index in [1.807, 2.05) is 31.2 Å². The van der Waals surface area contributed by atoms with Gasteiger partial charge in [-0.05, 0) is 48.2 Å². The van der Waals surface area contributed by atoms with Crippen LogP contribution < -0.4 is 10.5 Å². The average molecular weight is 335 g/mol. The molecule has 0 saturated carbocycles. The monoisotopic (exact) mass is 334 g/mol. The first-order valence-electron chi connectivity index (χ1n) is 6.66. The maximum absolute atomic E-state index is 5.93. The van der Waals surface area contributed by atoms with Crippen LogP contribution in [0.25, 0.3) is 0 Å². The molecule has 0 spiro atoms. The second-order valence-corrected chi connectivity index (χ2v) is 6.07. The Morgan fingerprint density at radius 1 is 1.15 bits per heavy atom.